The van der Waals surface area contributed by atoms with E-state index in [0.29, 0.717) is 28.4 Å². The Morgan fingerprint density at radius 3 is 1.58 bits per heavy atom. The lowest BCUT2D eigenvalue weighted by atomic mass is 9.97. The number of aromatic nitrogens is 2. The molecule has 50 heavy (non-hydrogen) atoms. The number of halogens is 3. The van der Waals surface area contributed by atoms with Crippen LogP contribution in [0.5, 0.6) is 0 Å². The van der Waals surface area contributed by atoms with Crippen molar-refractivity contribution in [2.45, 2.75) is 47.0 Å². The molecule has 10 heteroatoms. The smallest absolute Gasteiger partial charge is 0.232 e. The number of nitrogens with two attached hydrogens (primary N) is 1. The van der Waals surface area contributed by atoms with E-state index in [1.165, 1.54) is 24.3 Å². The molecule has 0 spiro atoms. The molecule has 0 atom stereocenters. The number of rotatable bonds is 2. The summed E-state index contributed by atoms with van der Waals surface area (Å²) in [7, 11) is 0. The summed E-state index contributed by atoms with van der Waals surface area (Å²) in [6.07, 6.45) is 0. The molecule has 1 heterocycles. The number of hydrogen-bond acceptors (Lipinski definition) is 6. The Labute approximate surface area is 296 Å². The van der Waals surface area contributed by atoms with Crippen molar-refractivity contribution in [2.24, 2.45) is 16.3 Å². The zero-order valence-electron chi connectivity index (χ0n) is 28.6. The number of oxime groups is 1. The van der Waals surface area contributed by atoms with Crippen molar-refractivity contribution in [1.82, 2.24) is 10.1 Å². The highest BCUT2D eigenvalue weighted by molar-refractivity contribution is 6.64. The Hall–Kier alpha value is -5.77. The number of carbonyl (C=O) groups excluding carboxylic acids is 1. The fourth-order valence-electron chi connectivity index (χ4n) is 3.55. The van der Waals surface area contributed by atoms with Crippen LogP contribution in [0, 0.1) is 40.7 Å². The largest absolute Gasteiger partial charge is 0.409 e. The molecule has 5 rings (SSSR count). The van der Waals surface area contributed by atoms with Crippen LogP contribution in [-0.2, 0) is 10.2 Å². The van der Waals surface area contributed by atoms with Gasteiger partial charge < -0.3 is 15.5 Å². The van der Waals surface area contributed by atoms with Gasteiger partial charge in [-0.2, -0.15) is 4.98 Å². The Balaban J connectivity index is 0.000000232. The van der Waals surface area contributed by atoms with E-state index < -0.39 is 0 Å². The zero-order chi connectivity index (χ0) is 36.9. The summed E-state index contributed by atoms with van der Waals surface area (Å²) in [5.74, 6) is 12.3. The highest BCUT2D eigenvalue weighted by Crippen LogP contribution is 2.24. The van der Waals surface area contributed by atoms with Crippen LogP contribution in [0.25, 0.3) is 11.4 Å². The summed E-state index contributed by atoms with van der Waals surface area (Å²) in [5, 5.41) is 15.2. The average Bonchev–Trinajstić information content (AvgIpc) is 3.59. The molecule has 256 valence electrons. The molecule has 0 radical (unpaired) electrons. The van der Waals surface area contributed by atoms with Crippen molar-refractivity contribution < 1.29 is 23.3 Å². The highest BCUT2D eigenvalue weighted by atomic mass is 35.5. The minimum Gasteiger partial charge on any atom is -0.409 e. The normalized spacial score (nSPS) is 10.9. The number of amidine groups is 1. The van der Waals surface area contributed by atoms with Crippen LogP contribution in [0.3, 0.4) is 0 Å². The molecule has 4 aromatic carbocycles. The maximum Gasteiger partial charge on any atom is 0.232 e. The van der Waals surface area contributed by atoms with Gasteiger partial charge >= 0.3 is 0 Å². The number of nitrogens with zero attached hydrogens (tertiary/aromatic N) is 3. The molecule has 7 nitrogen and oxygen atoms in total. The number of hydrogen-bond donors (Lipinski definition) is 2. The first-order valence-corrected chi connectivity index (χ1v) is 15.7. The quantitative estimate of drug-likeness (QED) is 0.0477. The fraction of sp³-hybridized carbons (Fsp3) is 0.200. The van der Waals surface area contributed by atoms with E-state index in [9.17, 15) is 13.6 Å². The van der Waals surface area contributed by atoms with E-state index in [0.717, 1.165) is 16.7 Å². The van der Waals surface area contributed by atoms with Gasteiger partial charge in [0.2, 0.25) is 17.0 Å². The molecule has 0 aliphatic heterocycles. The van der Waals surface area contributed by atoms with Crippen molar-refractivity contribution in [3.8, 4) is 35.1 Å². The van der Waals surface area contributed by atoms with Gasteiger partial charge in [0.25, 0.3) is 0 Å². The summed E-state index contributed by atoms with van der Waals surface area (Å²) in [5.41, 5.74) is 9.23. The third-order valence-electron chi connectivity index (χ3n) is 6.44. The van der Waals surface area contributed by atoms with Crippen LogP contribution in [-0.4, -0.2) is 26.4 Å². The van der Waals surface area contributed by atoms with Crippen LogP contribution < -0.4 is 5.73 Å². The molecular weight excluding hydrogens is 658 g/mol. The summed E-state index contributed by atoms with van der Waals surface area (Å²) in [4.78, 5) is 14.7. The zero-order valence-corrected chi connectivity index (χ0v) is 29.3. The summed E-state index contributed by atoms with van der Waals surface area (Å²) >= 11 is 5.11. The van der Waals surface area contributed by atoms with E-state index in [-0.39, 0.29) is 33.5 Å². The van der Waals surface area contributed by atoms with E-state index in [1.54, 1.807) is 69.3 Å². The lowest BCUT2D eigenvalue weighted by Crippen LogP contribution is -2.13. The monoisotopic (exact) mass is 694 g/mol. The van der Waals surface area contributed by atoms with E-state index >= 15 is 0 Å². The molecule has 0 aliphatic rings. The van der Waals surface area contributed by atoms with Crippen LogP contribution in [0.2, 0.25) is 0 Å². The molecule has 0 fully saturated rings. The van der Waals surface area contributed by atoms with Gasteiger partial charge in [-0.15, -0.1) is 0 Å². The Morgan fingerprint density at radius 2 is 1.20 bits per heavy atom. The van der Waals surface area contributed by atoms with Gasteiger partial charge in [0.1, 0.15) is 11.6 Å². The minimum atomic E-state index is -0.373. The fourth-order valence-corrected chi connectivity index (χ4v) is 3.55. The van der Waals surface area contributed by atoms with Gasteiger partial charge in [-0.3, -0.25) is 4.79 Å². The van der Waals surface area contributed by atoms with Crippen LogP contribution in [0.1, 0.15) is 75.3 Å². The third kappa shape index (κ3) is 12.7. The molecule has 0 aliphatic carbocycles. The van der Waals surface area contributed by atoms with Gasteiger partial charge in [-0.25, -0.2) is 8.78 Å². The standard InChI is InChI=1S/C20H17FN2O.C15H11FN2O.C5H9ClO/c1-20(2,3)19-22-18(23-24-19)16-11-9-14(10-12-16)7-8-15-5-4-6-17(21)13-15;16-14-3-1-2-12(10-14)5-4-11-6-8-13(9-7-11)15(17)18-19;1-5(2,3)4(6)7/h4-6,9-13H,1-3H3;1-3,6-10,19H,(H2,17,18);1-3H3. The Bertz CT molecular complexity index is 2050. The topological polar surface area (TPSA) is 115 Å². The van der Waals surface area contributed by atoms with E-state index in [1.807, 2.05) is 45.0 Å². The SMILES string of the molecule is CC(C)(C)C(=O)Cl.CC(C)(C)c1nc(-c2ccc(C#Cc3cccc(F)c3)cc2)no1.N/C(=N\O)c1ccc(C#Cc2cccc(F)c2)cc1. The second-order valence-electron chi connectivity index (χ2n) is 12.9. The lowest BCUT2D eigenvalue weighted by molar-refractivity contribution is -0.118. The molecule has 1 aromatic heterocycles. The number of benzene rings is 4. The average molecular weight is 695 g/mol. The predicted octanol–water partition coefficient (Wildman–Crippen LogP) is 8.69. The van der Waals surface area contributed by atoms with Crippen LogP contribution in [0.15, 0.2) is 107 Å². The van der Waals surface area contributed by atoms with Gasteiger partial charge in [-0.05, 0) is 96.5 Å². The molecule has 0 amide bonds. The first kappa shape index (κ1) is 38.7. The molecule has 3 N–H and O–H groups in total. The molecule has 0 saturated carbocycles. The first-order valence-electron chi connectivity index (χ1n) is 15.3. The van der Waals surface area contributed by atoms with Gasteiger partial charge in [0.15, 0.2) is 5.84 Å². The lowest BCUT2D eigenvalue weighted by Gasteiger charge is -2.10. The molecule has 5 aromatic rings. The van der Waals surface area contributed by atoms with Crippen molar-refractivity contribution in [3.63, 3.8) is 0 Å². The Kier molecular flexibility index (Phi) is 13.6. The highest BCUT2D eigenvalue weighted by Gasteiger charge is 2.22. The van der Waals surface area contributed by atoms with Crippen LogP contribution >= 0.6 is 11.6 Å². The molecule has 0 saturated heterocycles. The van der Waals surface area contributed by atoms with Gasteiger partial charge in [0, 0.05) is 44.2 Å². The van der Waals surface area contributed by atoms with Crippen molar-refractivity contribution in [2.75, 3.05) is 0 Å². The van der Waals surface area contributed by atoms with Crippen molar-refractivity contribution in [1.29, 1.82) is 0 Å². The molecule has 0 unspecified atom stereocenters. The minimum absolute atomic E-state index is 0.0460. The van der Waals surface area contributed by atoms with E-state index in [2.05, 4.69) is 39.0 Å². The predicted molar refractivity (Wildman–Crippen MR) is 192 cm³/mol. The maximum atomic E-state index is 13.1. The first-order chi connectivity index (χ1) is 23.5. The van der Waals surface area contributed by atoms with Crippen LogP contribution in [0.4, 0.5) is 8.78 Å². The molecular formula is C40H37ClF2N4O3. The van der Waals surface area contributed by atoms with Gasteiger partial charge in [-0.1, -0.05) is 87.7 Å². The van der Waals surface area contributed by atoms with E-state index in [4.69, 9.17) is 27.1 Å². The van der Waals surface area contributed by atoms with Gasteiger partial charge in [0.05, 0.1) is 0 Å². The second kappa shape index (κ2) is 17.6. The van der Waals surface area contributed by atoms with Crippen molar-refractivity contribution >= 4 is 22.7 Å². The second-order valence-corrected chi connectivity index (χ2v) is 13.2. The third-order valence-corrected chi connectivity index (χ3v) is 7.01. The Morgan fingerprint density at radius 1 is 0.760 bits per heavy atom. The molecule has 0 bridgehead atoms. The maximum absolute atomic E-state index is 13.1. The number of carbonyl (C=O) groups is 1. The summed E-state index contributed by atoms with van der Waals surface area (Å²) < 4.78 is 31.4. The van der Waals surface area contributed by atoms with Crippen molar-refractivity contribution in [3.05, 3.63) is 142 Å². The summed E-state index contributed by atoms with van der Waals surface area (Å²) in [6.45, 7) is 11.4. The summed E-state index contributed by atoms with van der Waals surface area (Å²) in [6, 6.07) is 26.8.